The van der Waals surface area contributed by atoms with E-state index in [1.807, 2.05) is 17.4 Å². The van der Waals surface area contributed by atoms with Gasteiger partial charge in [0.15, 0.2) is 0 Å². The average Bonchev–Trinajstić information content (AvgIpc) is 3.92. The summed E-state index contributed by atoms with van der Waals surface area (Å²) in [6, 6.07) is 82.2. The van der Waals surface area contributed by atoms with Gasteiger partial charge in [-0.15, -0.1) is 11.3 Å². The average molecular weight is 820 g/mol. The van der Waals surface area contributed by atoms with Gasteiger partial charge < -0.3 is 9.32 Å². The monoisotopic (exact) mass is 819 g/mol. The summed E-state index contributed by atoms with van der Waals surface area (Å²) in [6.45, 7) is 0. The Labute approximate surface area is 367 Å². The first-order chi connectivity index (χ1) is 31.2. The highest BCUT2D eigenvalue weighted by atomic mass is 32.1. The van der Waals surface area contributed by atoms with Gasteiger partial charge in [-0.1, -0.05) is 158 Å². The van der Waals surface area contributed by atoms with E-state index < -0.39 is 0 Å². The summed E-state index contributed by atoms with van der Waals surface area (Å²) in [5.74, 6) is 0. The fourth-order valence-corrected chi connectivity index (χ4v) is 11.1. The summed E-state index contributed by atoms with van der Waals surface area (Å²) in [5.41, 5.74) is 7.33. The lowest BCUT2D eigenvalue weighted by atomic mass is 9.93. The summed E-state index contributed by atoms with van der Waals surface area (Å²) in [4.78, 5) is 2.41. The first-order valence-corrected chi connectivity index (χ1v) is 22.3. The first-order valence-electron chi connectivity index (χ1n) is 21.5. The molecule has 0 atom stereocenters. The van der Waals surface area contributed by atoms with E-state index in [4.69, 9.17) is 4.42 Å². The predicted molar refractivity (Wildman–Crippen MR) is 272 cm³/mol. The third-order valence-electron chi connectivity index (χ3n) is 12.9. The van der Waals surface area contributed by atoms with Crippen LogP contribution in [0, 0.1) is 0 Å². The largest absolute Gasteiger partial charge is 0.456 e. The lowest BCUT2D eigenvalue weighted by Crippen LogP contribution is -2.09. The summed E-state index contributed by atoms with van der Waals surface area (Å²) in [6.07, 6.45) is 0. The maximum atomic E-state index is 6.35. The molecule has 2 nitrogen and oxygen atoms in total. The highest BCUT2D eigenvalue weighted by Gasteiger charge is 2.19. The normalized spacial score (nSPS) is 11.8. The van der Waals surface area contributed by atoms with Gasteiger partial charge in [0, 0.05) is 48.0 Å². The lowest BCUT2D eigenvalue weighted by molar-refractivity contribution is 0.669. The Morgan fingerprint density at radius 1 is 0.254 bits per heavy atom. The van der Waals surface area contributed by atoms with Gasteiger partial charge in [0.2, 0.25) is 0 Å². The first kappa shape index (κ1) is 35.7. The molecule has 0 unspecified atom stereocenters. The molecular weight excluding hydrogens is 783 g/mol. The number of hydrogen-bond acceptors (Lipinski definition) is 3. The Hall–Kier alpha value is -7.98. The standard InChI is InChI=1S/C60H37NOS/c1-2-14-38(15-3-1)39-26-28-40(29-27-39)61(42-31-33-58-55(35-42)50-22-10-12-24-57(50)62-58)41-30-32-49-47-20-7-6-18-45(47)43-16-4-5-17-44(43)46-19-8-9-21-48(46)54-37-60-56(36-53(54)52(49)34-41)51-23-11-13-25-59(51)63-60/h1-37H. The van der Waals surface area contributed by atoms with Gasteiger partial charge in [0.25, 0.3) is 0 Å². The number of furan rings is 1. The van der Waals surface area contributed by atoms with Crippen LogP contribution in [0.15, 0.2) is 229 Å². The second kappa shape index (κ2) is 14.3. The zero-order valence-electron chi connectivity index (χ0n) is 34.1. The Balaban J connectivity index is 1.19. The van der Waals surface area contributed by atoms with E-state index in [1.54, 1.807) is 0 Å². The van der Waals surface area contributed by atoms with Gasteiger partial charge >= 0.3 is 0 Å². The molecule has 294 valence electrons. The molecule has 13 aromatic rings. The van der Waals surface area contributed by atoms with Crippen LogP contribution in [0.3, 0.4) is 0 Å². The molecule has 2 aromatic heterocycles. The number of benzene rings is 10. The number of anilines is 3. The van der Waals surface area contributed by atoms with Crippen molar-refractivity contribution in [3.63, 3.8) is 0 Å². The molecule has 0 saturated heterocycles. The second-order valence-corrected chi connectivity index (χ2v) is 17.5. The summed E-state index contributed by atoms with van der Waals surface area (Å²) < 4.78 is 8.94. The van der Waals surface area contributed by atoms with Crippen LogP contribution in [0.2, 0.25) is 0 Å². The number of fused-ring (bicyclic) bond motifs is 16. The highest BCUT2D eigenvalue weighted by Crippen LogP contribution is 2.45. The molecule has 0 radical (unpaired) electrons. The van der Waals surface area contributed by atoms with Crippen molar-refractivity contribution in [3.05, 3.63) is 224 Å². The van der Waals surface area contributed by atoms with Gasteiger partial charge in [0.1, 0.15) is 11.2 Å². The molecule has 0 bridgehead atoms. The topological polar surface area (TPSA) is 16.4 Å². The molecule has 0 N–H and O–H groups in total. The van der Waals surface area contributed by atoms with Crippen molar-refractivity contribution in [1.29, 1.82) is 0 Å². The van der Waals surface area contributed by atoms with Crippen molar-refractivity contribution in [2.75, 3.05) is 4.90 Å². The van der Waals surface area contributed by atoms with Crippen molar-refractivity contribution in [3.8, 4) is 11.1 Å². The number of hydrogen-bond donors (Lipinski definition) is 0. The predicted octanol–water partition coefficient (Wildman–Crippen LogP) is 18.0. The van der Waals surface area contributed by atoms with Crippen LogP contribution < -0.4 is 4.90 Å². The van der Waals surface area contributed by atoms with Crippen molar-refractivity contribution in [1.82, 2.24) is 0 Å². The minimum absolute atomic E-state index is 0.876. The minimum Gasteiger partial charge on any atom is -0.456 e. The summed E-state index contributed by atoms with van der Waals surface area (Å²) in [7, 11) is 0. The quantitative estimate of drug-likeness (QED) is 0.176. The van der Waals surface area contributed by atoms with Gasteiger partial charge in [-0.05, 0) is 132 Å². The van der Waals surface area contributed by atoms with Crippen LogP contribution in [0.5, 0.6) is 0 Å². The van der Waals surface area contributed by atoms with Crippen molar-refractivity contribution in [2.45, 2.75) is 0 Å². The smallest absolute Gasteiger partial charge is 0.135 e. The van der Waals surface area contributed by atoms with Crippen LogP contribution in [0.4, 0.5) is 17.1 Å². The second-order valence-electron chi connectivity index (χ2n) is 16.4. The fourth-order valence-electron chi connectivity index (χ4n) is 9.94. The third kappa shape index (κ3) is 5.78. The molecule has 0 aliphatic carbocycles. The maximum Gasteiger partial charge on any atom is 0.135 e. The van der Waals surface area contributed by atoms with Gasteiger partial charge in [0.05, 0.1) is 0 Å². The number of thiophene rings is 1. The van der Waals surface area contributed by atoms with Crippen LogP contribution in [-0.2, 0) is 0 Å². The van der Waals surface area contributed by atoms with Crippen LogP contribution >= 0.6 is 11.3 Å². The Bertz CT molecular complexity index is 4030. The van der Waals surface area contributed by atoms with E-state index in [2.05, 4.69) is 223 Å². The van der Waals surface area contributed by atoms with E-state index >= 15 is 0 Å². The van der Waals surface area contributed by atoms with E-state index in [0.717, 1.165) is 39.0 Å². The molecule has 3 heteroatoms. The van der Waals surface area contributed by atoms with Gasteiger partial charge in [-0.2, -0.15) is 0 Å². The van der Waals surface area contributed by atoms with E-state index in [0.29, 0.717) is 0 Å². The van der Waals surface area contributed by atoms with Crippen LogP contribution in [0.25, 0.3) is 107 Å². The Morgan fingerprint density at radius 2 is 0.698 bits per heavy atom. The molecule has 0 aliphatic rings. The van der Waals surface area contributed by atoms with Gasteiger partial charge in [-0.25, -0.2) is 0 Å². The SMILES string of the molecule is c1ccc(-c2ccc(N(c3ccc4oc5ccccc5c4c3)c3ccc4c5ccccc5c5ccccc5c5ccccc5c5cc6sc7ccccc7c6cc5c4c3)cc2)cc1. The Morgan fingerprint density at radius 3 is 1.37 bits per heavy atom. The third-order valence-corrected chi connectivity index (χ3v) is 14.0. The van der Waals surface area contributed by atoms with Gasteiger partial charge in [-0.3, -0.25) is 0 Å². The molecular formula is C60H37NOS. The molecule has 0 saturated carbocycles. The van der Waals surface area contributed by atoms with E-state index in [9.17, 15) is 0 Å². The molecule has 11 aromatic carbocycles. The summed E-state index contributed by atoms with van der Waals surface area (Å²) >= 11 is 1.87. The van der Waals surface area contributed by atoms with Crippen molar-refractivity contribution in [2.24, 2.45) is 0 Å². The zero-order valence-corrected chi connectivity index (χ0v) is 34.9. The number of para-hydroxylation sites is 1. The molecule has 0 fully saturated rings. The van der Waals surface area contributed by atoms with Crippen LogP contribution in [0.1, 0.15) is 0 Å². The zero-order chi connectivity index (χ0) is 41.4. The molecule has 0 spiro atoms. The Kier molecular flexibility index (Phi) is 8.12. The molecule has 63 heavy (non-hydrogen) atoms. The highest BCUT2D eigenvalue weighted by molar-refractivity contribution is 7.25. The molecule has 0 amide bonds. The van der Waals surface area contributed by atoms with Crippen LogP contribution in [-0.4, -0.2) is 0 Å². The minimum atomic E-state index is 0.876. The lowest BCUT2D eigenvalue weighted by Gasteiger charge is -2.26. The van der Waals surface area contributed by atoms with E-state index in [-0.39, 0.29) is 0 Å². The maximum absolute atomic E-state index is 6.35. The number of nitrogens with zero attached hydrogens (tertiary/aromatic N) is 1. The fraction of sp³-hybridized carbons (Fsp3) is 0. The van der Waals surface area contributed by atoms with Crippen molar-refractivity contribution < 1.29 is 4.42 Å². The number of rotatable bonds is 4. The molecule has 13 rings (SSSR count). The molecule has 2 heterocycles. The summed E-state index contributed by atoms with van der Waals surface area (Å²) in [5, 5.41) is 16.9. The van der Waals surface area contributed by atoms with E-state index in [1.165, 1.54) is 85.2 Å². The van der Waals surface area contributed by atoms with Crippen molar-refractivity contribution >= 4 is 124 Å². The molecule has 0 aliphatic heterocycles.